The van der Waals surface area contributed by atoms with Gasteiger partial charge in [0.2, 0.25) is 0 Å². The molecule has 0 spiro atoms. The molecule has 4 heteroatoms. The van der Waals surface area contributed by atoms with Crippen molar-refractivity contribution in [3.63, 3.8) is 0 Å². The molecular formula is C23H24N2OS. The summed E-state index contributed by atoms with van der Waals surface area (Å²) in [7, 11) is 0. The van der Waals surface area contributed by atoms with Gasteiger partial charge in [-0.15, -0.1) is 0 Å². The SMILES string of the molecule is OC(c1ccccc1)c1ccccc1CNC(=S)NCCc1ccccc1. The molecule has 3 N–H and O–H groups in total. The minimum absolute atomic E-state index is 0.567. The molecule has 0 aliphatic carbocycles. The Balaban J connectivity index is 1.54. The van der Waals surface area contributed by atoms with Crippen molar-refractivity contribution in [2.75, 3.05) is 6.54 Å². The molecule has 3 nitrogen and oxygen atoms in total. The number of aliphatic hydroxyl groups is 1. The maximum Gasteiger partial charge on any atom is 0.166 e. The molecule has 138 valence electrons. The molecule has 0 saturated heterocycles. The van der Waals surface area contributed by atoms with Crippen molar-refractivity contribution in [2.45, 2.75) is 19.1 Å². The molecule has 1 atom stereocenters. The van der Waals surface area contributed by atoms with Gasteiger partial charge in [-0.2, -0.15) is 0 Å². The van der Waals surface area contributed by atoms with Gasteiger partial charge in [0, 0.05) is 13.1 Å². The second kappa shape index (κ2) is 9.86. The number of aliphatic hydroxyl groups excluding tert-OH is 1. The predicted octanol–water partition coefficient (Wildman–Crippen LogP) is 3.98. The van der Waals surface area contributed by atoms with E-state index >= 15 is 0 Å². The summed E-state index contributed by atoms with van der Waals surface area (Å²) >= 11 is 5.39. The third kappa shape index (κ3) is 5.64. The summed E-state index contributed by atoms with van der Waals surface area (Å²) in [6, 6.07) is 27.9. The lowest BCUT2D eigenvalue weighted by Crippen LogP contribution is -2.36. The van der Waals surface area contributed by atoms with Gasteiger partial charge >= 0.3 is 0 Å². The topological polar surface area (TPSA) is 44.3 Å². The van der Waals surface area contributed by atoms with Crippen LogP contribution in [0, 0.1) is 0 Å². The maximum absolute atomic E-state index is 10.7. The van der Waals surface area contributed by atoms with Gasteiger partial charge in [-0.25, -0.2) is 0 Å². The Bertz CT molecular complexity index is 853. The van der Waals surface area contributed by atoms with Gasteiger partial charge in [-0.05, 0) is 40.9 Å². The second-order valence-electron chi connectivity index (χ2n) is 6.36. The van der Waals surface area contributed by atoms with E-state index < -0.39 is 6.10 Å². The lowest BCUT2D eigenvalue weighted by molar-refractivity contribution is 0.219. The standard InChI is InChI=1S/C23H24N2OS/c26-22(19-11-5-2-6-12-19)21-14-8-7-13-20(21)17-25-23(27)24-16-15-18-9-3-1-4-10-18/h1-14,22,26H,15-17H2,(H2,24,25,27). The minimum Gasteiger partial charge on any atom is -0.384 e. The van der Waals surface area contributed by atoms with Gasteiger partial charge in [0.15, 0.2) is 5.11 Å². The molecule has 0 bridgehead atoms. The Hall–Kier alpha value is -2.69. The van der Waals surface area contributed by atoms with E-state index in [0.29, 0.717) is 11.7 Å². The highest BCUT2D eigenvalue weighted by molar-refractivity contribution is 7.80. The van der Waals surface area contributed by atoms with Crippen LogP contribution in [0.5, 0.6) is 0 Å². The average molecular weight is 377 g/mol. The predicted molar refractivity (Wildman–Crippen MR) is 115 cm³/mol. The molecule has 27 heavy (non-hydrogen) atoms. The molecule has 0 aromatic heterocycles. The fourth-order valence-electron chi connectivity index (χ4n) is 2.98. The van der Waals surface area contributed by atoms with E-state index in [-0.39, 0.29) is 0 Å². The number of rotatable bonds is 7. The molecule has 0 amide bonds. The van der Waals surface area contributed by atoms with E-state index in [0.717, 1.165) is 29.7 Å². The van der Waals surface area contributed by atoms with Crippen LogP contribution in [0.15, 0.2) is 84.9 Å². The van der Waals surface area contributed by atoms with Crippen LogP contribution < -0.4 is 10.6 Å². The van der Waals surface area contributed by atoms with Gasteiger partial charge in [0.05, 0.1) is 0 Å². The number of thiocarbonyl (C=S) groups is 1. The van der Waals surface area contributed by atoms with Crippen LogP contribution in [0.2, 0.25) is 0 Å². The molecule has 3 rings (SSSR count). The van der Waals surface area contributed by atoms with Crippen molar-refractivity contribution in [2.24, 2.45) is 0 Å². The Kier molecular flexibility index (Phi) is 6.97. The highest BCUT2D eigenvalue weighted by Crippen LogP contribution is 2.24. The highest BCUT2D eigenvalue weighted by atomic mass is 32.1. The van der Waals surface area contributed by atoms with E-state index in [1.54, 1.807) is 0 Å². The van der Waals surface area contributed by atoms with Crippen molar-refractivity contribution in [1.29, 1.82) is 0 Å². The first-order chi connectivity index (χ1) is 13.2. The zero-order chi connectivity index (χ0) is 18.9. The van der Waals surface area contributed by atoms with Crippen molar-refractivity contribution < 1.29 is 5.11 Å². The van der Waals surface area contributed by atoms with E-state index in [1.165, 1.54) is 5.56 Å². The Labute approximate surface area is 166 Å². The molecule has 0 fully saturated rings. The van der Waals surface area contributed by atoms with E-state index in [4.69, 9.17) is 12.2 Å². The first-order valence-corrected chi connectivity index (χ1v) is 9.51. The van der Waals surface area contributed by atoms with Crippen LogP contribution in [0.1, 0.15) is 28.4 Å². The first-order valence-electron chi connectivity index (χ1n) is 9.10. The lowest BCUT2D eigenvalue weighted by atomic mass is 9.97. The van der Waals surface area contributed by atoms with Crippen molar-refractivity contribution >= 4 is 17.3 Å². The van der Waals surface area contributed by atoms with Crippen molar-refractivity contribution in [1.82, 2.24) is 10.6 Å². The molecule has 0 radical (unpaired) electrons. The smallest absolute Gasteiger partial charge is 0.166 e. The lowest BCUT2D eigenvalue weighted by Gasteiger charge is -2.17. The summed E-state index contributed by atoms with van der Waals surface area (Å²) in [5.74, 6) is 0. The molecule has 3 aromatic rings. The molecule has 3 aromatic carbocycles. The van der Waals surface area contributed by atoms with Gasteiger partial charge in [-0.1, -0.05) is 84.9 Å². The van der Waals surface area contributed by atoms with Gasteiger partial charge in [-0.3, -0.25) is 0 Å². The number of benzene rings is 3. The fraction of sp³-hybridized carbons (Fsp3) is 0.174. The summed E-state index contributed by atoms with van der Waals surface area (Å²) < 4.78 is 0. The molecular weight excluding hydrogens is 352 g/mol. The molecule has 0 aliphatic heterocycles. The normalized spacial score (nSPS) is 11.6. The number of nitrogens with one attached hydrogen (secondary N) is 2. The number of hydrogen-bond donors (Lipinski definition) is 3. The van der Waals surface area contributed by atoms with Gasteiger partial charge in [0.25, 0.3) is 0 Å². The quantitative estimate of drug-likeness (QED) is 0.546. The summed E-state index contributed by atoms with van der Waals surface area (Å²) in [6.45, 7) is 1.35. The van der Waals surface area contributed by atoms with E-state index in [2.05, 4.69) is 22.8 Å². The third-order valence-corrected chi connectivity index (χ3v) is 4.74. The Morgan fingerprint density at radius 2 is 1.44 bits per heavy atom. The van der Waals surface area contributed by atoms with E-state index in [9.17, 15) is 5.11 Å². The van der Waals surface area contributed by atoms with Crippen LogP contribution >= 0.6 is 12.2 Å². The van der Waals surface area contributed by atoms with Crippen LogP contribution in [0.4, 0.5) is 0 Å². The zero-order valence-corrected chi connectivity index (χ0v) is 16.0. The van der Waals surface area contributed by atoms with Crippen LogP contribution in [0.25, 0.3) is 0 Å². The van der Waals surface area contributed by atoms with Crippen LogP contribution in [-0.2, 0) is 13.0 Å². The Morgan fingerprint density at radius 3 is 2.19 bits per heavy atom. The Morgan fingerprint density at radius 1 is 0.815 bits per heavy atom. The molecule has 0 heterocycles. The van der Waals surface area contributed by atoms with Crippen molar-refractivity contribution in [3.05, 3.63) is 107 Å². The summed E-state index contributed by atoms with van der Waals surface area (Å²) in [6.07, 6.45) is 0.273. The zero-order valence-electron chi connectivity index (χ0n) is 15.1. The summed E-state index contributed by atoms with van der Waals surface area (Å²) in [5.41, 5.74) is 4.09. The average Bonchev–Trinajstić information content (AvgIpc) is 2.73. The molecule has 1 unspecified atom stereocenters. The van der Waals surface area contributed by atoms with Crippen molar-refractivity contribution in [3.8, 4) is 0 Å². The largest absolute Gasteiger partial charge is 0.384 e. The molecule has 0 saturated carbocycles. The van der Waals surface area contributed by atoms with Crippen LogP contribution in [0.3, 0.4) is 0 Å². The summed E-state index contributed by atoms with van der Waals surface area (Å²) in [4.78, 5) is 0. The first kappa shape index (κ1) is 19.1. The monoisotopic (exact) mass is 376 g/mol. The number of hydrogen-bond acceptors (Lipinski definition) is 2. The fourth-order valence-corrected chi connectivity index (χ4v) is 3.15. The van der Waals surface area contributed by atoms with E-state index in [1.807, 2.05) is 72.8 Å². The van der Waals surface area contributed by atoms with Gasteiger partial charge in [0.1, 0.15) is 6.10 Å². The third-order valence-electron chi connectivity index (χ3n) is 4.45. The maximum atomic E-state index is 10.7. The summed E-state index contributed by atoms with van der Waals surface area (Å²) in [5, 5.41) is 17.8. The highest BCUT2D eigenvalue weighted by Gasteiger charge is 2.13. The van der Waals surface area contributed by atoms with Crippen LogP contribution in [-0.4, -0.2) is 16.8 Å². The molecule has 0 aliphatic rings. The second-order valence-corrected chi connectivity index (χ2v) is 6.77. The minimum atomic E-state index is -0.649. The van der Waals surface area contributed by atoms with Gasteiger partial charge < -0.3 is 15.7 Å².